The van der Waals surface area contributed by atoms with Crippen LogP contribution in [0.1, 0.15) is 16.1 Å². The van der Waals surface area contributed by atoms with Crippen LogP contribution in [0.15, 0.2) is 79.4 Å². The molecule has 5 aromatic rings. The second kappa shape index (κ2) is 7.86. The first kappa shape index (κ1) is 20.4. The number of anilines is 1. The fourth-order valence-corrected chi connectivity index (χ4v) is 3.29. The summed E-state index contributed by atoms with van der Waals surface area (Å²) in [6.45, 7) is 0. The molecule has 0 saturated carbocycles. The van der Waals surface area contributed by atoms with Crippen molar-refractivity contribution in [3.8, 4) is 16.9 Å². The number of imidazole rings is 1. The molecule has 33 heavy (non-hydrogen) atoms. The SMILES string of the molecule is O=C(Nc1ccc(-c2cn3cccnc3n2)cc1)c1cn(-c2ccccc2C(F)(F)F)nn1. The van der Waals surface area contributed by atoms with E-state index in [9.17, 15) is 18.0 Å². The number of nitrogens with zero attached hydrogens (tertiary/aromatic N) is 6. The van der Waals surface area contributed by atoms with Crippen LogP contribution in [0, 0.1) is 0 Å². The third-order valence-electron chi connectivity index (χ3n) is 4.86. The van der Waals surface area contributed by atoms with Crippen molar-refractivity contribution < 1.29 is 18.0 Å². The van der Waals surface area contributed by atoms with Gasteiger partial charge in [-0.25, -0.2) is 14.6 Å². The molecule has 8 nitrogen and oxygen atoms in total. The highest BCUT2D eigenvalue weighted by molar-refractivity contribution is 6.02. The molecule has 0 aliphatic carbocycles. The fourth-order valence-electron chi connectivity index (χ4n) is 3.29. The van der Waals surface area contributed by atoms with Crippen LogP contribution in [-0.4, -0.2) is 35.3 Å². The van der Waals surface area contributed by atoms with Crippen molar-refractivity contribution in [3.05, 3.63) is 90.6 Å². The van der Waals surface area contributed by atoms with Crippen molar-refractivity contribution >= 4 is 17.4 Å². The number of rotatable bonds is 4. The van der Waals surface area contributed by atoms with Crippen LogP contribution in [0.2, 0.25) is 0 Å². The van der Waals surface area contributed by atoms with Crippen LogP contribution < -0.4 is 5.32 Å². The van der Waals surface area contributed by atoms with Crippen molar-refractivity contribution in [2.75, 3.05) is 5.32 Å². The Kier molecular flexibility index (Phi) is 4.85. The molecule has 2 aromatic carbocycles. The highest BCUT2D eigenvalue weighted by Gasteiger charge is 2.34. The summed E-state index contributed by atoms with van der Waals surface area (Å²) in [5, 5.41) is 10.1. The molecule has 3 aromatic heterocycles. The van der Waals surface area contributed by atoms with Crippen LogP contribution in [0.3, 0.4) is 0 Å². The minimum Gasteiger partial charge on any atom is -0.321 e. The summed E-state index contributed by atoms with van der Waals surface area (Å²) in [6, 6.07) is 13.7. The van der Waals surface area contributed by atoms with Gasteiger partial charge < -0.3 is 5.32 Å². The maximum Gasteiger partial charge on any atom is 0.418 e. The molecule has 0 saturated heterocycles. The maximum atomic E-state index is 13.3. The van der Waals surface area contributed by atoms with Crippen LogP contribution in [0.5, 0.6) is 0 Å². The van der Waals surface area contributed by atoms with E-state index in [1.165, 1.54) is 18.2 Å². The molecule has 0 atom stereocenters. The van der Waals surface area contributed by atoms with Gasteiger partial charge in [-0.05, 0) is 30.3 Å². The molecule has 164 valence electrons. The number of alkyl halides is 3. The fraction of sp³-hybridized carbons (Fsp3) is 0.0455. The summed E-state index contributed by atoms with van der Waals surface area (Å²) < 4.78 is 42.5. The zero-order chi connectivity index (χ0) is 23.0. The number of amides is 1. The third-order valence-corrected chi connectivity index (χ3v) is 4.86. The van der Waals surface area contributed by atoms with E-state index in [1.54, 1.807) is 40.9 Å². The number of para-hydroxylation sites is 1. The molecule has 1 N–H and O–H groups in total. The Hall–Kier alpha value is -4.54. The van der Waals surface area contributed by atoms with E-state index >= 15 is 0 Å². The van der Waals surface area contributed by atoms with E-state index in [4.69, 9.17) is 0 Å². The number of hydrogen-bond acceptors (Lipinski definition) is 5. The first-order valence-electron chi connectivity index (χ1n) is 9.69. The second-order valence-electron chi connectivity index (χ2n) is 7.05. The molecular weight excluding hydrogens is 435 g/mol. The lowest BCUT2D eigenvalue weighted by Gasteiger charge is -2.11. The number of benzene rings is 2. The number of carbonyl (C=O) groups is 1. The smallest absolute Gasteiger partial charge is 0.321 e. The van der Waals surface area contributed by atoms with Gasteiger partial charge in [0, 0.05) is 29.8 Å². The van der Waals surface area contributed by atoms with E-state index in [0.717, 1.165) is 28.2 Å². The minimum absolute atomic E-state index is 0.123. The maximum absolute atomic E-state index is 13.3. The Balaban J connectivity index is 1.33. The molecule has 11 heteroatoms. The number of hydrogen-bond donors (Lipinski definition) is 1. The Bertz CT molecular complexity index is 1420. The van der Waals surface area contributed by atoms with Crippen molar-refractivity contribution in [1.82, 2.24) is 29.4 Å². The first-order chi connectivity index (χ1) is 15.9. The average Bonchev–Trinajstić information content (AvgIpc) is 3.47. The van der Waals surface area contributed by atoms with Gasteiger partial charge >= 0.3 is 6.18 Å². The van der Waals surface area contributed by atoms with E-state index < -0.39 is 17.6 Å². The monoisotopic (exact) mass is 449 g/mol. The van der Waals surface area contributed by atoms with Crippen molar-refractivity contribution in [2.24, 2.45) is 0 Å². The van der Waals surface area contributed by atoms with Gasteiger partial charge in [0.1, 0.15) is 0 Å². The molecule has 5 rings (SSSR count). The summed E-state index contributed by atoms with van der Waals surface area (Å²) in [5.74, 6) is -0.0320. The Labute approximate surface area is 184 Å². The molecule has 0 unspecified atom stereocenters. The molecule has 0 radical (unpaired) electrons. The molecule has 3 heterocycles. The van der Waals surface area contributed by atoms with Gasteiger partial charge in [0.2, 0.25) is 5.78 Å². The topological polar surface area (TPSA) is 90.0 Å². The Morgan fingerprint density at radius 2 is 1.76 bits per heavy atom. The lowest BCUT2D eigenvalue weighted by molar-refractivity contribution is -0.137. The predicted molar refractivity (Wildman–Crippen MR) is 113 cm³/mol. The van der Waals surface area contributed by atoms with Gasteiger partial charge in [0.25, 0.3) is 5.91 Å². The van der Waals surface area contributed by atoms with Crippen LogP contribution in [-0.2, 0) is 6.18 Å². The lowest BCUT2D eigenvalue weighted by atomic mass is 10.1. The number of aromatic nitrogens is 6. The number of carbonyl (C=O) groups excluding carboxylic acids is 1. The highest BCUT2D eigenvalue weighted by Crippen LogP contribution is 2.33. The number of halogens is 3. The van der Waals surface area contributed by atoms with Crippen molar-refractivity contribution in [1.29, 1.82) is 0 Å². The summed E-state index contributed by atoms with van der Waals surface area (Å²) in [5.41, 5.74) is 0.812. The number of nitrogens with one attached hydrogen (secondary N) is 1. The largest absolute Gasteiger partial charge is 0.418 e. The molecule has 0 bridgehead atoms. The van der Waals surface area contributed by atoms with Gasteiger partial charge in [0.15, 0.2) is 5.69 Å². The summed E-state index contributed by atoms with van der Waals surface area (Å²) >= 11 is 0. The lowest BCUT2D eigenvalue weighted by Crippen LogP contribution is -2.12. The average molecular weight is 449 g/mol. The number of fused-ring (bicyclic) bond motifs is 1. The van der Waals surface area contributed by atoms with Crippen molar-refractivity contribution in [2.45, 2.75) is 6.18 Å². The highest BCUT2D eigenvalue weighted by atomic mass is 19.4. The van der Waals surface area contributed by atoms with Gasteiger partial charge in [-0.1, -0.05) is 29.5 Å². The normalized spacial score (nSPS) is 11.6. The van der Waals surface area contributed by atoms with E-state index in [-0.39, 0.29) is 11.4 Å². The Morgan fingerprint density at radius 3 is 2.52 bits per heavy atom. The summed E-state index contributed by atoms with van der Waals surface area (Å²) in [7, 11) is 0. The zero-order valence-electron chi connectivity index (χ0n) is 16.7. The minimum atomic E-state index is -4.57. The quantitative estimate of drug-likeness (QED) is 0.443. The first-order valence-corrected chi connectivity index (χ1v) is 9.69. The van der Waals surface area contributed by atoms with E-state index in [1.807, 2.05) is 12.4 Å². The predicted octanol–water partition coefficient (Wildman–Crippen LogP) is 4.25. The molecule has 0 spiro atoms. The molecule has 0 aliphatic rings. The second-order valence-corrected chi connectivity index (χ2v) is 7.05. The van der Waals surface area contributed by atoms with E-state index in [0.29, 0.717) is 11.5 Å². The van der Waals surface area contributed by atoms with Gasteiger partial charge in [-0.15, -0.1) is 5.10 Å². The van der Waals surface area contributed by atoms with Gasteiger partial charge in [-0.2, -0.15) is 13.2 Å². The molecule has 1 amide bonds. The summed E-state index contributed by atoms with van der Waals surface area (Å²) in [6.07, 6.45) is 1.92. The Morgan fingerprint density at radius 1 is 0.970 bits per heavy atom. The molecule has 0 aliphatic heterocycles. The van der Waals surface area contributed by atoms with Gasteiger partial charge in [0.05, 0.1) is 23.1 Å². The molecular formula is C22H14F3N7O. The van der Waals surface area contributed by atoms with E-state index in [2.05, 4.69) is 25.6 Å². The zero-order valence-corrected chi connectivity index (χ0v) is 16.7. The van der Waals surface area contributed by atoms with Crippen molar-refractivity contribution in [3.63, 3.8) is 0 Å². The standard InChI is InChI=1S/C22H14F3N7O/c23-22(24,25)16-4-1-2-5-19(16)32-13-18(29-30-32)20(33)27-15-8-6-14(7-9-15)17-12-31-11-3-10-26-21(31)28-17/h1-13H,(H,27,33). The summed E-state index contributed by atoms with van der Waals surface area (Å²) in [4.78, 5) is 21.2. The van der Waals surface area contributed by atoms with Crippen LogP contribution in [0.4, 0.5) is 18.9 Å². The third kappa shape index (κ3) is 4.03. The van der Waals surface area contributed by atoms with Gasteiger partial charge in [-0.3, -0.25) is 9.20 Å². The molecule has 0 fully saturated rings. The van der Waals surface area contributed by atoms with Crippen LogP contribution in [0.25, 0.3) is 22.7 Å². The van der Waals surface area contributed by atoms with Crippen LogP contribution >= 0.6 is 0 Å².